The standard InChI is InChI=1S/C29H30FNO3/c1-17-4-12-24(30)23(14-17)19-5-7-20(8-6-19)26-16-34-27-13-11-22(15-25(27)31(26)3)28(21-9-10-21)18(2)29(32)33/h4-8,11-15,18,21,26,28H,9-10,16H2,1-3H3,(H,32,33)/t18-,26?,28-/m0/s1. The predicted octanol–water partition coefficient (Wildman–Crippen LogP) is 6.59. The van der Waals surface area contributed by atoms with Crippen molar-refractivity contribution in [2.75, 3.05) is 18.6 Å². The largest absolute Gasteiger partial charge is 0.489 e. The Bertz CT molecular complexity index is 1220. The highest BCUT2D eigenvalue weighted by Crippen LogP contribution is 2.49. The number of anilines is 1. The van der Waals surface area contributed by atoms with Gasteiger partial charge in [0.05, 0.1) is 17.6 Å². The number of hydrogen-bond acceptors (Lipinski definition) is 3. The van der Waals surface area contributed by atoms with Crippen LogP contribution >= 0.6 is 0 Å². The Kier molecular flexibility index (Phi) is 5.80. The van der Waals surface area contributed by atoms with E-state index in [0.29, 0.717) is 18.1 Å². The normalized spacial score (nSPS) is 19.2. The molecule has 2 aliphatic rings. The van der Waals surface area contributed by atoms with E-state index in [0.717, 1.165) is 46.5 Å². The van der Waals surface area contributed by atoms with E-state index in [1.54, 1.807) is 6.07 Å². The summed E-state index contributed by atoms with van der Waals surface area (Å²) in [5.74, 6) is -0.130. The van der Waals surface area contributed by atoms with E-state index in [1.165, 1.54) is 6.07 Å². The zero-order valence-electron chi connectivity index (χ0n) is 19.8. The van der Waals surface area contributed by atoms with E-state index in [-0.39, 0.29) is 17.8 Å². The van der Waals surface area contributed by atoms with Crippen molar-refractivity contribution < 1.29 is 19.0 Å². The molecule has 1 N–H and O–H groups in total. The maximum Gasteiger partial charge on any atom is 0.306 e. The van der Waals surface area contributed by atoms with Gasteiger partial charge in [-0.15, -0.1) is 0 Å². The van der Waals surface area contributed by atoms with Gasteiger partial charge in [-0.25, -0.2) is 4.39 Å². The number of likely N-dealkylation sites (N-methyl/N-ethyl adjacent to an activating group) is 1. The molecule has 0 aromatic heterocycles. The minimum atomic E-state index is -0.748. The number of carbonyl (C=O) groups is 1. The molecule has 0 spiro atoms. The lowest BCUT2D eigenvalue weighted by atomic mass is 9.83. The molecule has 0 amide bonds. The number of fused-ring (bicyclic) bond motifs is 1. The van der Waals surface area contributed by atoms with Crippen molar-refractivity contribution in [3.8, 4) is 16.9 Å². The van der Waals surface area contributed by atoms with Gasteiger partial charge in [0.25, 0.3) is 0 Å². The highest BCUT2D eigenvalue weighted by Gasteiger charge is 2.39. The monoisotopic (exact) mass is 459 g/mol. The van der Waals surface area contributed by atoms with Crippen LogP contribution in [0.15, 0.2) is 60.7 Å². The second-order valence-corrected chi connectivity index (χ2v) is 9.76. The molecule has 176 valence electrons. The van der Waals surface area contributed by atoms with Gasteiger partial charge in [0.15, 0.2) is 0 Å². The van der Waals surface area contributed by atoms with Crippen LogP contribution < -0.4 is 9.64 Å². The zero-order chi connectivity index (χ0) is 24.0. The van der Waals surface area contributed by atoms with Gasteiger partial charge >= 0.3 is 5.97 Å². The first-order valence-corrected chi connectivity index (χ1v) is 11.9. The Hall–Kier alpha value is -3.34. The summed E-state index contributed by atoms with van der Waals surface area (Å²) < 4.78 is 20.5. The lowest BCUT2D eigenvalue weighted by Gasteiger charge is -2.37. The molecule has 1 aliphatic carbocycles. The highest BCUT2D eigenvalue weighted by molar-refractivity contribution is 5.72. The molecule has 3 aromatic carbocycles. The van der Waals surface area contributed by atoms with E-state index in [1.807, 2.05) is 56.3 Å². The summed E-state index contributed by atoms with van der Waals surface area (Å²) in [6.45, 7) is 4.29. The Labute approximate surface area is 200 Å². The van der Waals surface area contributed by atoms with Gasteiger partial charge in [0, 0.05) is 12.6 Å². The van der Waals surface area contributed by atoms with Gasteiger partial charge in [-0.2, -0.15) is 0 Å². The number of nitrogens with zero attached hydrogens (tertiary/aromatic N) is 1. The summed E-state index contributed by atoms with van der Waals surface area (Å²) in [6, 6.07) is 19.3. The van der Waals surface area contributed by atoms with Gasteiger partial charge in [-0.1, -0.05) is 48.9 Å². The van der Waals surface area contributed by atoms with Gasteiger partial charge in [0.1, 0.15) is 18.2 Å². The van der Waals surface area contributed by atoms with E-state index in [4.69, 9.17) is 4.74 Å². The maximum atomic E-state index is 14.3. The number of ether oxygens (including phenoxy) is 1. The molecule has 1 heterocycles. The second kappa shape index (κ2) is 8.79. The second-order valence-electron chi connectivity index (χ2n) is 9.76. The van der Waals surface area contributed by atoms with Crippen LogP contribution in [0.3, 0.4) is 0 Å². The first kappa shape index (κ1) is 22.5. The third-order valence-corrected chi connectivity index (χ3v) is 7.40. The summed E-state index contributed by atoms with van der Waals surface area (Å²) in [4.78, 5) is 14.0. The number of carboxylic acid groups (broad SMARTS) is 1. The number of benzene rings is 3. The van der Waals surface area contributed by atoms with Crippen LogP contribution in [0.25, 0.3) is 11.1 Å². The van der Waals surface area contributed by atoms with Crippen LogP contribution in [0.1, 0.15) is 48.4 Å². The van der Waals surface area contributed by atoms with Crippen LogP contribution in [0.4, 0.5) is 10.1 Å². The SMILES string of the molecule is Cc1ccc(F)c(-c2ccc(C3COc4ccc([C@H](C5CC5)[C@H](C)C(=O)O)cc4N3C)cc2)c1. The number of carboxylic acids is 1. The van der Waals surface area contributed by atoms with E-state index in [9.17, 15) is 14.3 Å². The Morgan fingerprint density at radius 2 is 1.82 bits per heavy atom. The van der Waals surface area contributed by atoms with Crippen molar-refractivity contribution in [3.05, 3.63) is 83.2 Å². The summed E-state index contributed by atoms with van der Waals surface area (Å²) in [6.07, 6.45) is 2.17. The first-order chi connectivity index (χ1) is 16.3. The predicted molar refractivity (Wildman–Crippen MR) is 132 cm³/mol. The van der Waals surface area contributed by atoms with Crippen LogP contribution in [0, 0.1) is 24.6 Å². The molecule has 34 heavy (non-hydrogen) atoms. The molecule has 5 heteroatoms. The van der Waals surface area contributed by atoms with Crippen molar-refractivity contribution in [3.63, 3.8) is 0 Å². The maximum absolute atomic E-state index is 14.3. The lowest BCUT2D eigenvalue weighted by Crippen LogP contribution is -2.33. The third-order valence-electron chi connectivity index (χ3n) is 7.40. The fourth-order valence-corrected chi connectivity index (χ4v) is 5.23. The van der Waals surface area contributed by atoms with Crippen molar-refractivity contribution in [1.29, 1.82) is 0 Å². The average Bonchev–Trinajstić information content (AvgIpc) is 3.66. The fourth-order valence-electron chi connectivity index (χ4n) is 5.23. The van der Waals surface area contributed by atoms with Gasteiger partial charge in [-0.05, 0) is 72.6 Å². The number of rotatable bonds is 6. The highest BCUT2D eigenvalue weighted by atomic mass is 19.1. The topological polar surface area (TPSA) is 49.8 Å². The third kappa shape index (κ3) is 4.15. The molecule has 3 aromatic rings. The Morgan fingerprint density at radius 3 is 2.50 bits per heavy atom. The summed E-state index contributed by atoms with van der Waals surface area (Å²) in [5, 5.41) is 9.65. The fraction of sp³-hybridized carbons (Fsp3) is 0.345. The van der Waals surface area contributed by atoms with Crippen LogP contribution in [-0.4, -0.2) is 24.7 Å². The quantitative estimate of drug-likeness (QED) is 0.452. The molecule has 1 aliphatic heterocycles. The molecule has 0 radical (unpaired) electrons. The number of aliphatic carboxylic acids is 1. The summed E-state index contributed by atoms with van der Waals surface area (Å²) >= 11 is 0. The van der Waals surface area contributed by atoms with E-state index in [2.05, 4.69) is 18.0 Å². The zero-order valence-corrected chi connectivity index (χ0v) is 19.8. The van der Waals surface area contributed by atoms with Crippen LogP contribution in [0.5, 0.6) is 5.75 Å². The summed E-state index contributed by atoms with van der Waals surface area (Å²) in [5.41, 5.74) is 5.61. The minimum Gasteiger partial charge on any atom is -0.489 e. The van der Waals surface area contributed by atoms with Crippen LogP contribution in [-0.2, 0) is 4.79 Å². The van der Waals surface area contributed by atoms with Crippen molar-refractivity contribution >= 4 is 11.7 Å². The van der Waals surface area contributed by atoms with E-state index < -0.39 is 11.9 Å². The molecule has 1 saturated carbocycles. The molecule has 5 rings (SSSR count). The molecule has 3 atom stereocenters. The van der Waals surface area contributed by atoms with Gasteiger partial charge in [-0.3, -0.25) is 4.79 Å². The smallest absolute Gasteiger partial charge is 0.306 e. The molecular weight excluding hydrogens is 429 g/mol. The van der Waals surface area contributed by atoms with Crippen molar-refractivity contribution in [1.82, 2.24) is 0 Å². The van der Waals surface area contributed by atoms with Gasteiger partial charge < -0.3 is 14.7 Å². The average molecular weight is 460 g/mol. The van der Waals surface area contributed by atoms with Crippen molar-refractivity contribution in [2.45, 2.75) is 38.6 Å². The molecule has 0 saturated heterocycles. The minimum absolute atomic E-state index is 0.00966. The molecule has 1 unspecified atom stereocenters. The van der Waals surface area contributed by atoms with E-state index >= 15 is 0 Å². The molecular formula is C29H30FNO3. The molecule has 1 fully saturated rings. The van der Waals surface area contributed by atoms with Crippen LogP contribution in [0.2, 0.25) is 0 Å². The first-order valence-electron chi connectivity index (χ1n) is 11.9. The number of halogens is 1. The van der Waals surface area contributed by atoms with Gasteiger partial charge in [0.2, 0.25) is 0 Å². The Balaban J connectivity index is 1.42. The lowest BCUT2D eigenvalue weighted by molar-refractivity contribution is -0.142. The number of aryl methyl sites for hydroxylation is 1. The summed E-state index contributed by atoms with van der Waals surface area (Å²) in [7, 11) is 2.05. The molecule has 0 bridgehead atoms. The molecule has 4 nitrogen and oxygen atoms in total. The Morgan fingerprint density at radius 1 is 1.09 bits per heavy atom. The number of hydrogen-bond donors (Lipinski definition) is 1. The van der Waals surface area contributed by atoms with Crippen molar-refractivity contribution in [2.24, 2.45) is 11.8 Å².